The zero-order valence-electron chi connectivity index (χ0n) is 13.6. The summed E-state index contributed by atoms with van der Waals surface area (Å²) in [5, 5.41) is 7.54. The van der Waals surface area contributed by atoms with Crippen molar-refractivity contribution in [1.82, 2.24) is 20.0 Å². The Morgan fingerprint density at radius 3 is 2.95 bits per heavy atom. The fraction of sp³-hybridized carbons (Fsp3) is 0.765. The van der Waals surface area contributed by atoms with Crippen LogP contribution in [-0.2, 0) is 11.3 Å². The topological polar surface area (TPSA) is 50.2 Å². The molecule has 1 aliphatic carbocycles. The monoisotopic (exact) mass is 304 g/mol. The van der Waals surface area contributed by atoms with Crippen LogP contribution < -0.4 is 5.32 Å². The number of hydrogen-bond acceptors (Lipinski definition) is 3. The molecule has 2 aliphatic rings. The zero-order chi connectivity index (χ0) is 15.4. The average Bonchev–Trinajstić information content (AvgIpc) is 2.96. The number of fused-ring (bicyclic) bond motifs is 1. The minimum Gasteiger partial charge on any atom is -0.338 e. The molecule has 22 heavy (non-hydrogen) atoms. The van der Waals surface area contributed by atoms with Crippen molar-refractivity contribution in [1.29, 1.82) is 0 Å². The van der Waals surface area contributed by atoms with Crippen LogP contribution in [0.15, 0.2) is 12.4 Å². The molecule has 1 amide bonds. The number of nitrogens with one attached hydrogen (secondary N) is 1. The predicted octanol–water partition coefficient (Wildman–Crippen LogP) is 1.96. The number of carbonyl (C=O) groups excluding carboxylic acids is 1. The van der Waals surface area contributed by atoms with Gasteiger partial charge >= 0.3 is 0 Å². The maximum absolute atomic E-state index is 12.5. The lowest BCUT2D eigenvalue weighted by molar-refractivity contribution is -0.136. The summed E-state index contributed by atoms with van der Waals surface area (Å²) in [6.45, 7) is 5.06. The highest BCUT2D eigenvalue weighted by atomic mass is 16.2. The average molecular weight is 304 g/mol. The fourth-order valence-corrected chi connectivity index (χ4v) is 4.01. The fourth-order valence-electron chi connectivity index (χ4n) is 4.01. The first-order chi connectivity index (χ1) is 10.7. The molecule has 2 heterocycles. The molecule has 2 atom stereocenters. The third-order valence-electron chi connectivity index (χ3n) is 5.12. The van der Waals surface area contributed by atoms with Crippen LogP contribution in [0, 0.1) is 12.8 Å². The van der Waals surface area contributed by atoms with E-state index in [4.69, 9.17) is 0 Å². The van der Waals surface area contributed by atoms with Crippen LogP contribution in [-0.4, -0.2) is 46.3 Å². The summed E-state index contributed by atoms with van der Waals surface area (Å²) in [6.07, 6.45) is 11.6. The molecule has 1 N–H and O–H groups in total. The van der Waals surface area contributed by atoms with Gasteiger partial charge in [-0.25, -0.2) is 0 Å². The van der Waals surface area contributed by atoms with E-state index < -0.39 is 0 Å². The van der Waals surface area contributed by atoms with Crippen molar-refractivity contribution in [3.8, 4) is 0 Å². The Hall–Kier alpha value is -1.36. The summed E-state index contributed by atoms with van der Waals surface area (Å²) in [6, 6.07) is 0.519. The number of nitrogens with zero attached hydrogens (tertiary/aromatic N) is 3. The number of piperidine rings is 1. The van der Waals surface area contributed by atoms with Crippen LogP contribution in [0.5, 0.6) is 0 Å². The molecule has 1 aliphatic heterocycles. The second-order valence-corrected chi connectivity index (χ2v) is 6.80. The van der Waals surface area contributed by atoms with Crippen molar-refractivity contribution >= 4 is 5.91 Å². The molecule has 1 aromatic heterocycles. The van der Waals surface area contributed by atoms with Crippen molar-refractivity contribution in [2.24, 2.45) is 5.92 Å². The van der Waals surface area contributed by atoms with Gasteiger partial charge in [-0.3, -0.25) is 9.48 Å². The van der Waals surface area contributed by atoms with E-state index in [1.165, 1.54) is 44.1 Å². The van der Waals surface area contributed by atoms with E-state index in [1.807, 2.05) is 24.0 Å². The van der Waals surface area contributed by atoms with Gasteiger partial charge in [0.2, 0.25) is 5.91 Å². The summed E-state index contributed by atoms with van der Waals surface area (Å²) >= 11 is 0. The first-order valence-corrected chi connectivity index (χ1v) is 8.73. The number of likely N-dealkylation sites (tertiary alicyclic amines) is 1. The van der Waals surface area contributed by atoms with E-state index >= 15 is 0 Å². The lowest BCUT2D eigenvalue weighted by Gasteiger charge is -2.44. The highest BCUT2D eigenvalue weighted by Gasteiger charge is 2.35. The molecule has 5 heteroatoms. The summed E-state index contributed by atoms with van der Waals surface area (Å²) in [5.41, 5.74) is 1.17. The first-order valence-electron chi connectivity index (χ1n) is 8.73. The standard InChI is InChI=1S/C17H28N4O/c1-14-11-19-20(13-14)10-8-18-12-17(22)21-9-4-6-15-5-2-3-7-16(15)21/h11,13,15-16,18H,2-10,12H2,1H3/t15-,16-/m1/s1. The van der Waals surface area contributed by atoms with Gasteiger partial charge in [0, 0.05) is 25.3 Å². The summed E-state index contributed by atoms with van der Waals surface area (Å²) < 4.78 is 1.92. The largest absolute Gasteiger partial charge is 0.338 e. The molecule has 0 radical (unpaired) electrons. The molecule has 1 aromatic rings. The number of aryl methyl sites for hydroxylation is 1. The molecular weight excluding hydrogens is 276 g/mol. The number of amides is 1. The second kappa shape index (κ2) is 7.27. The van der Waals surface area contributed by atoms with Crippen LogP contribution in [0.1, 0.15) is 44.1 Å². The van der Waals surface area contributed by atoms with Gasteiger partial charge in [0.25, 0.3) is 0 Å². The second-order valence-electron chi connectivity index (χ2n) is 6.80. The molecule has 0 unspecified atom stereocenters. The minimum absolute atomic E-state index is 0.285. The highest BCUT2D eigenvalue weighted by Crippen LogP contribution is 2.35. The smallest absolute Gasteiger partial charge is 0.236 e. The Morgan fingerprint density at radius 2 is 2.14 bits per heavy atom. The molecule has 0 aromatic carbocycles. The number of rotatable bonds is 5. The Bertz CT molecular complexity index is 497. The summed E-state index contributed by atoms with van der Waals surface area (Å²) in [5.74, 6) is 1.05. The predicted molar refractivity (Wildman–Crippen MR) is 86.5 cm³/mol. The molecular formula is C17H28N4O. The molecule has 1 saturated heterocycles. The maximum atomic E-state index is 12.5. The van der Waals surface area contributed by atoms with Gasteiger partial charge in [0.15, 0.2) is 0 Å². The van der Waals surface area contributed by atoms with Crippen molar-refractivity contribution in [2.45, 2.75) is 58.0 Å². The number of carbonyl (C=O) groups is 1. The van der Waals surface area contributed by atoms with E-state index in [-0.39, 0.29) is 5.91 Å². The van der Waals surface area contributed by atoms with E-state index in [0.29, 0.717) is 12.6 Å². The summed E-state index contributed by atoms with van der Waals surface area (Å²) in [7, 11) is 0. The van der Waals surface area contributed by atoms with Crippen molar-refractivity contribution < 1.29 is 4.79 Å². The molecule has 122 valence electrons. The van der Waals surface area contributed by atoms with E-state index in [9.17, 15) is 4.79 Å². The van der Waals surface area contributed by atoms with Crippen molar-refractivity contribution in [3.05, 3.63) is 18.0 Å². The Kier molecular flexibility index (Phi) is 5.13. The normalized spacial score (nSPS) is 25.0. The number of aromatic nitrogens is 2. The Balaban J connectivity index is 1.43. The molecule has 3 rings (SSSR count). The van der Waals surface area contributed by atoms with Crippen LogP contribution in [0.25, 0.3) is 0 Å². The van der Waals surface area contributed by atoms with Crippen molar-refractivity contribution in [3.63, 3.8) is 0 Å². The van der Waals surface area contributed by atoms with Crippen LogP contribution >= 0.6 is 0 Å². The van der Waals surface area contributed by atoms with Crippen LogP contribution in [0.4, 0.5) is 0 Å². The molecule has 0 bridgehead atoms. The molecule has 0 spiro atoms. The first kappa shape index (κ1) is 15.5. The van der Waals surface area contributed by atoms with Gasteiger partial charge in [0.1, 0.15) is 0 Å². The van der Waals surface area contributed by atoms with Gasteiger partial charge in [-0.1, -0.05) is 12.8 Å². The van der Waals surface area contributed by atoms with Crippen LogP contribution in [0.3, 0.4) is 0 Å². The highest BCUT2D eigenvalue weighted by molar-refractivity contribution is 5.78. The lowest BCUT2D eigenvalue weighted by atomic mass is 9.78. The van der Waals surface area contributed by atoms with E-state index in [2.05, 4.69) is 15.3 Å². The summed E-state index contributed by atoms with van der Waals surface area (Å²) in [4.78, 5) is 14.7. The Morgan fingerprint density at radius 1 is 1.32 bits per heavy atom. The minimum atomic E-state index is 0.285. The quantitative estimate of drug-likeness (QED) is 0.846. The van der Waals surface area contributed by atoms with Crippen LogP contribution in [0.2, 0.25) is 0 Å². The molecule has 1 saturated carbocycles. The van der Waals surface area contributed by atoms with E-state index in [1.54, 1.807) is 0 Å². The third kappa shape index (κ3) is 3.69. The van der Waals surface area contributed by atoms with Gasteiger partial charge in [0.05, 0.1) is 19.3 Å². The molecule has 2 fully saturated rings. The van der Waals surface area contributed by atoms with Gasteiger partial charge in [-0.2, -0.15) is 5.10 Å². The van der Waals surface area contributed by atoms with E-state index in [0.717, 1.165) is 25.6 Å². The van der Waals surface area contributed by atoms with Gasteiger partial charge in [-0.15, -0.1) is 0 Å². The zero-order valence-corrected chi connectivity index (χ0v) is 13.6. The third-order valence-corrected chi connectivity index (χ3v) is 5.12. The lowest BCUT2D eigenvalue weighted by Crippen LogP contribution is -2.52. The van der Waals surface area contributed by atoms with Gasteiger partial charge in [-0.05, 0) is 44.1 Å². The van der Waals surface area contributed by atoms with Crippen molar-refractivity contribution in [2.75, 3.05) is 19.6 Å². The SMILES string of the molecule is Cc1cnn(CCNCC(=O)N2CCC[C@H]3CCCC[C@H]32)c1. The Labute approximate surface area is 133 Å². The maximum Gasteiger partial charge on any atom is 0.236 e. The number of hydrogen-bond donors (Lipinski definition) is 1. The molecule has 5 nitrogen and oxygen atoms in total. The van der Waals surface area contributed by atoms with Gasteiger partial charge < -0.3 is 10.2 Å².